The average molecular weight is 283 g/mol. The Hall–Kier alpha value is -1.35. The van der Waals surface area contributed by atoms with Gasteiger partial charge in [-0.3, -0.25) is 0 Å². The molecule has 0 unspecified atom stereocenters. The first kappa shape index (κ1) is 13.1. The first-order valence-corrected chi connectivity index (χ1v) is 7.26. The van der Waals surface area contributed by atoms with Crippen molar-refractivity contribution in [3.63, 3.8) is 0 Å². The second kappa shape index (κ2) is 5.11. The molecule has 0 aliphatic heterocycles. The Labute approximate surface area is 111 Å². The molecule has 18 heavy (non-hydrogen) atoms. The number of nitrogens with zero attached hydrogens (tertiary/aromatic N) is 1. The Morgan fingerprint density at radius 3 is 2.61 bits per heavy atom. The van der Waals surface area contributed by atoms with Crippen molar-refractivity contribution in [2.75, 3.05) is 0 Å². The topological polar surface area (TPSA) is 70.0 Å². The Morgan fingerprint density at radius 2 is 2.00 bits per heavy atom. The van der Waals surface area contributed by atoms with Gasteiger partial charge in [-0.25, -0.2) is 13.1 Å². The van der Waals surface area contributed by atoms with Crippen molar-refractivity contribution < 1.29 is 8.42 Å². The third kappa shape index (κ3) is 2.72. The lowest BCUT2D eigenvalue weighted by Gasteiger charge is -2.13. The van der Waals surface area contributed by atoms with Crippen LogP contribution in [-0.2, 0) is 10.0 Å². The van der Waals surface area contributed by atoms with Crippen molar-refractivity contribution in [2.24, 2.45) is 0 Å². The second-order valence-corrected chi connectivity index (χ2v) is 6.11. The minimum atomic E-state index is -3.68. The van der Waals surface area contributed by atoms with Crippen LogP contribution in [0.15, 0.2) is 35.2 Å². The van der Waals surface area contributed by atoms with Crippen LogP contribution in [0, 0.1) is 11.3 Å². The maximum atomic E-state index is 12.1. The highest BCUT2D eigenvalue weighted by atomic mass is 35.5. The Kier molecular flexibility index (Phi) is 3.71. The SMILES string of the molecule is N#Cc1ccc(Cl)c(S(=O)(=O)NC2CC=CC2)c1. The number of hydrogen-bond acceptors (Lipinski definition) is 3. The largest absolute Gasteiger partial charge is 0.242 e. The molecule has 0 fully saturated rings. The summed E-state index contributed by atoms with van der Waals surface area (Å²) in [7, 11) is -3.68. The molecule has 0 spiro atoms. The van der Waals surface area contributed by atoms with E-state index < -0.39 is 10.0 Å². The van der Waals surface area contributed by atoms with Crippen molar-refractivity contribution in [1.82, 2.24) is 4.72 Å². The van der Waals surface area contributed by atoms with E-state index in [0.29, 0.717) is 12.8 Å². The Balaban J connectivity index is 2.32. The zero-order valence-electron chi connectivity index (χ0n) is 9.43. The Bertz CT molecular complexity index is 624. The van der Waals surface area contributed by atoms with Crippen LogP contribution in [0.1, 0.15) is 18.4 Å². The molecular formula is C12H11ClN2O2S. The molecule has 0 atom stereocenters. The average Bonchev–Trinajstić information content (AvgIpc) is 2.81. The second-order valence-electron chi connectivity index (χ2n) is 4.02. The number of rotatable bonds is 3. The van der Waals surface area contributed by atoms with E-state index in [0.717, 1.165) is 0 Å². The monoisotopic (exact) mass is 282 g/mol. The number of halogens is 1. The molecule has 0 bridgehead atoms. The zero-order valence-corrected chi connectivity index (χ0v) is 11.0. The smallest absolute Gasteiger partial charge is 0.207 e. The van der Waals surface area contributed by atoms with Crippen molar-refractivity contribution in [3.05, 3.63) is 40.9 Å². The predicted molar refractivity (Wildman–Crippen MR) is 68.7 cm³/mol. The van der Waals surface area contributed by atoms with Crippen LogP contribution in [0.4, 0.5) is 0 Å². The fourth-order valence-electron chi connectivity index (χ4n) is 1.78. The summed E-state index contributed by atoms with van der Waals surface area (Å²) in [6.45, 7) is 0. The molecule has 0 saturated carbocycles. The molecule has 1 aliphatic carbocycles. The van der Waals surface area contributed by atoms with Gasteiger partial charge in [0.1, 0.15) is 4.90 Å². The number of nitrogens with one attached hydrogen (secondary N) is 1. The van der Waals surface area contributed by atoms with Crippen LogP contribution < -0.4 is 4.72 Å². The van der Waals surface area contributed by atoms with Gasteiger partial charge in [0.25, 0.3) is 0 Å². The van der Waals surface area contributed by atoms with Crippen LogP contribution in [0.3, 0.4) is 0 Å². The summed E-state index contributed by atoms with van der Waals surface area (Å²) >= 11 is 5.88. The molecule has 6 heteroatoms. The molecule has 0 aromatic heterocycles. The van der Waals surface area contributed by atoms with E-state index in [1.165, 1.54) is 18.2 Å². The maximum Gasteiger partial charge on any atom is 0.242 e. The van der Waals surface area contributed by atoms with Crippen LogP contribution in [0.5, 0.6) is 0 Å². The van der Waals surface area contributed by atoms with Gasteiger partial charge in [0.15, 0.2) is 0 Å². The molecule has 0 saturated heterocycles. The summed E-state index contributed by atoms with van der Waals surface area (Å²) in [5.41, 5.74) is 0.268. The van der Waals surface area contributed by atoms with Crippen LogP contribution >= 0.6 is 11.6 Å². The van der Waals surface area contributed by atoms with Crippen LogP contribution in [0.25, 0.3) is 0 Å². The van der Waals surface area contributed by atoms with Crippen molar-refractivity contribution >= 4 is 21.6 Å². The van der Waals surface area contributed by atoms with Crippen molar-refractivity contribution in [1.29, 1.82) is 5.26 Å². The van der Waals surface area contributed by atoms with Gasteiger partial charge in [-0.15, -0.1) is 0 Å². The van der Waals surface area contributed by atoms with Gasteiger partial charge in [-0.05, 0) is 31.0 Å². The summed E-state index contributed by atoms with van der Waals surface area (Å²) in [4.78, 5) is -0.0462. The third-order valence-electron chi connectivity index (χ3n) is 2.68. The minimum Gasteiger partial charge on any atom is -0.207 e. The molecule has 1 aliphatic rings. The molecule has 1 aromatic rings. The molecular weight excluding hydrogens is 272 g/mol. The first-order valence-electron chi connectivity index (χ1n) is 5.40. The van der Waals surface area contributed by atoms with E-state index >= 15 is 0 Å². The molecule has 94 valence electrons. The van der Waals surface area contributed by atoms with E-state index in [2.05, 4.69) is 4.72 Å². The highest BCUT2D eigenvalue weighted by Crippen LogP contribution is 2.23. The lowest BCUT2D eigenvalue weighted by atomic mass is 10.2. The van der Waals surface area contributed by atoms with E-state index in [-0.39, 0.29) is 21.5 Å². The molecule has 0 radical (unpaired) electrons. The van der Waals surface area contributed by atoms with Gasteiger partial charge in [0, 0.05) is 6.04 Å². The zero-order chi connectivity index (χ0) is 13.2. The summed E-state index contributed by atoms with van der Waals surface area (Å²) in [6.07, 6.45) is 5.21. The van der Waals surface area contributed by atoms with E-state index in [1.807, 2.05) is 18.2 Å². The lowest BCUT2D eigenvalue weighted by molar-refractivity contribution is 0.557. The van der Waals surface area contributed by atoms with E-state index in [9.17, 15) is 8.42 Å². The van der Waals surface area contributed by atoms with Crippen LogP contribution in [0.2, 0.25) is 5.02 Å². The summed E-state index contributed by atoms with van der Waals surface area (Å²) in [6, 6.07) is 5.96. The van der Waals surface area contributed by atoms with Crippen LogP contribution in [-0.4, -0.2) is 14.5 Å². The molecule has 0 amide bonds. The summed E-state index contributed by atoms with van der Waals surface area (Å²) in [5.74, 6) is 0. The lowest BCUT2D eigenvalue weighted by Crippen LogP contribution is -2.33. The fourth-order valence-corrected chi connectivity index (χ4v) is 3.56. The molecule has 2 rings (SSSR count). The highest BCUT2D eigenvalue weighted by molar-refractivity contribution is 7.89. The number of sulfonamides is 1. The number of benzene rings is 1. The quantitative estimate of drug-likeness (QED) is 0.864. The number of hydrogen-bond donors (Lipinski definition) is 1. The standard InChI is InChI=1S/C12H11ClN2O2S/c13-11-6-5-9(8-14)7-12(11)18(16,17)15-10-3-1-2-4-10/h1-2,5-7,10,15H,3-4H2. The van der Waals surface area contributed by atoms with Gasteiger partial charge in [-0.1, -0.05) is 23.8 Å². The van der Waals surface area contributed by atoms with E-state index in [1.54, 1.807) is 0 Å². The molecule has 0 heterocycles. The molecule has 1 aromatic carbocycles. The number of nitriles is 1. The van der Waals surface area contributed by atoms with Gasteiger partial charge >= 0.3 is 0 Å². The van der Waals surface area contributed by atoms with Crippen molar-refractivity contribution in [3.8, 4) is 6.07 Å². The minimum absolute atomic E-state index is 0.0462. The van der Waals surface area contributed by atoms with Gasteiger partial charge in [0.05, 0.1) is 16.7 Å². The highest BCUT2D eigenvalue weighted by Gasteiger charge is 2.23. The third-order valence-corrected chi connectivity index (χ3v) is 4.68. The van der Waals surface area contributed by atoms with Gasteiger partial charge in [0.2, 0.25) is 10.0 Å². The summed E-state index contributed by atoms with van der Waals surface area (Å²) < 4.78 is 26.9. The van der Waals surface area contributed by atoms with Crippen molar-refractivity contribution in [2.45, 2.75) is 23.8 Å². The molecule has 4 nitrogen and oxygen atoms in total. The fraction of sp³-hybridized carbons (Fsp3) is 0.250. The van der Waals surface area contributed by atoms with E-state index in [4.69, 9.17) is 16.9 Å². The first-order chi connectivity index (χ1) is 8.53. The maximum absolute atomic E-state index is 12.1. The Morgan fingerprint density at radius 1 is 1.33 bits per heavy atom. The summed E-state index contributed by atoms with van der Waals surface area (Å²) in [5, 5.41) is 8.90. The van der Waals surface area contributed by atoms with Gasteiger partial charge in [-0.2, -0.15) is 5.26 Å². The predicted octanol–water partition coefficient (Wildman–Crippen LogP) is 2.21. The van der Waals surface area contributed by atoms with Gasteiger partial charge < -0.3 is 0 Å². The normalized spacial score (nSPS) is 15.8. The molecule has 1 N–H and O–H groups in total.